The van der Waals surface area contributed by atoms with Crippen molar-refractivity contribution in [2.45, 2.75) is 25.9 Å². The molecular formula is C19H25N3O3S. The summed E-state index contributed by atoms with van der Waals surface area (Å²) in [6, 6.07) is 7.99. The van der Waals surface area contributed by atoms with Gasteiger partial charge in [-0.1, -0.05) is 12.1 Å². The maximum absolute atomic E-state index is 12.2. The Morgan fingerprint density at radius 1 is 1.42 bits per heavy atom. The van der Waals surface area contributed by atoms with Crippen molar-refractivity contribution in [2.75, 3.05) is 33.9 Å². The van der Waals surface area contributed by atoms with Gasteiger partial charge in [-0.05, 0) is 19.1 Å². The molecular weight excluding hydrogens is 350 g/mol. The lowest BCUT2D eigenvalue weighted by molar-refractivity contribution is -0.123. The average Bonchev–Trinajstić information content (AvgIpc) is 3.05. The molecule has 3 rings (SSSR count). The minimum Gasteiger partial charge on any atom is -0.497 e. The van der Waals surface area contributed by atoms with Gasteiger partial charge in [-0.25, -0.2) is 4.98 Å². The van der Waals surface area contributed by atoms with Gasteiger partial charge in [0.1, 0.15) is 10.8 Å². The van der Waals surface area contributed by atoms with Crippen LogP contribution in [-0.4, -0.2) is 55.7 Å². The van der Waals surface area contributed by atoms with Gasteiger partial charge in [-0.3, -0.25) is 9.69 Å². The summed E-state index contributed by atoms with van der Waals surface area (Å²) in [7, 11) is 3.31. The zero-order valence-electron chi connectivity index (χ0n) is 15.4. The topological polar surface area (TPSA) is 63.7 Å². The van der Waals surface area contributed by atoms with Gasteiger partial charge in [0.05, 0.1) is 26.0 Å². The average molecular weight is 375 g/mol. The molecule has 1 aromatic carbocycles. The standard InChI is InChI=1S/C19H25N3O3S/c1-13(12-24-2)20-18(23)11-22-8-7-16-17(10-22)26-19(21-16)14-5-4-6-15(9-14)25-3/h4-6,9,13H,7-8,10-12H2,1-3H3,(H,20,23)/t13-/m1/s1. The fourth-order valence-electron chi connectivity index (χ4n) is 3.08. The quantitative estimate of drug-likeness (QED) is 0.805. The highest BCUT2D eigenvalue weighted by Gasteiger charge is 2.23. The Bertz CT molecular complexity index is 762. The minimum absolute atomic E-state index is 0.0240. The van der Waals surface area contributed by atoms with Crippen LogP contribution in [0.1, 0.15) is 17.5 Å². The number of aromatic nitrogens is 1. The largest absolute Gasteiger partial charge is 0.497 e. The number of fused-ring (bicyclic) bond motifs is 1. The van der Waals surface area contributed by atoms with Crippen LogP contribution in [-0.2, 0) is 22.5 Å². The number of benzene rings is 1. The fourth-order valence-corrected chi connectivity index (χ4v) is 4.22. The number of hydrogen-bond donors (Lipinski definition) is 1. The molecule has 1 aliphatic rings. The second-order valence-electron chi connectivity index (χ2n) is 6.51. The highest BCUT2D eigenvalue weighted by molar-refractivity contribution is 7.15. The molecule has 0 unspecified atom stereocenters. The van der Waals surface area contributed by atoms with Gasteiger partial charge in [0.2, 0.25) is 5.91 Å². The fraction of sp³-hybridized carbons (Fsp3) is 0.474. The Kier molecular flexibility index (Phi) is 6.24. The number of nitrogens with one attached hydrogen (secondary N) is 1. The van der Waals surface area contributed by atoms with E-state index in [4.69, 9.17) is 14.5 Å². The molecule has 0 saturated heterocycles. The molecule has 1 N–H and O–H groups in total. The maximum Gasteiger partial charge on any atom is 0.234 e. The Labute approximate surface area is 158 Å². The van der Waals surface area contributed by atoms with Crippen molar-refractivity contribution >= 4 is 17.2 Å². The minimum atomic E-state index is 0.0240. The van der Waals surface area contributed by atoms with E-state index >= 15 is 0 Å². The third-order valence-electron chi connectivity index (χ3n) is 4.32. The molecule has 1 aliphatic heterocycles. The van der Waals surface area contributed by atoms with Crippen molar-refractivity contribution in [2.24, 2.45) is 0 Å². The lowest BCUT2D eigenvalue weighted by Gasteiger charge is -2.25. The molecule has 2 aromatic rings. The first-order valence-electron chi connectivity index (χ1n) is 8.72. The number of methoxy groups -OCH3 is 2. The SMILES string of the molecule is COC[C@@H](C)NC(=O)CN1CCc2nc(-c3cccc(OC)c3)sc2C1. The lowest BCUT2D eigenvalue weighted by Crippen LogP contribution is -2.43. The summed E-state index contributed by atoms with van der Waals surface area (Å²) >= 11 is 1.70. The normalized spacial score (nSPS) is 15.3. The second kappa shape index (κ2) is 8.62. The first-order valence-corrected chi connectivity index (χ1v) is 9.54. The van der Waals surface area contributed by atoms with E-state index in [-0.39, 0.29) is 11.9 Å². The number of carbonyl (C=O) groups is 1. The smallest absolute Gasteiger partial charge is 0.234 e. The third-order valence-corrected chi connectivity index (χ3v) is 5.45. The third kappa shape index (κ3) is 4.60. The van der Waals surface area contributed by atoms with E-state index in [1.54, 1.807) is 25.6 Å². The number of amides is 1. The van der Waals surface area contributed by atoms with Crippen molar-refractivity contribution < 1.29 is 14.3 Å². The number of thiazole rings is 1. The molecule has 26 heavy (non-hydrogen) atoms. The molecule has 2 heterocycles. The maximum atomic E-state index is 12.2. The predicted octanol–water partition coefficient (Wildman–Crippen LogP) is 2.33. The van der Waals surface area contributed by atoms with E-state index in [9.17, 15) is 4.79 Å². The zero-order chi connectivity index (χ0) is 18.5. The molecule has 0 saturated carbocycles. The van der Waals surface area contributed by atoms with E-state index in [0.29, 0.717) is 13.2 Å². The molecule has 140 valence electrons. The molecule has 7 heteroatoms. The Balaban J connectivity index is 1.64. The van der Waals surface area contributed by atoms with E-state index in [0.717, 1.165) is 41.5 Å². The van der Waals surface area contributed by atoms with Crippen LogP contribution in [0, 0.1) is 0 Å². The number of carbonyl (C=O) groups excluding carboxylic acids is 1. The molecule has 1 aromatic heterocycles. The van der Waals surface area contributed by atoms with Crippen molar-refractivity contribution in [3.8, 4) is 16.3 Å². The van der Waals surface area contributed by atoms with Crippen molar-refractivity contribution in [1.29, 1.82) is 0 Å². The summed E-state index contributed by atoms with van der Waals surface area (Å²) in [6.07, 6.45) is 0.872. The summed E-state index contributed by atoms with van der Waals surface area (Å²) < 4.78 is 10.4. The van der Waals surface area contributed by atoms with Gasteiger partial charge in [-0.15, -0.1) is 11.3 Å². The van der Waals surface area contributed by atoms with E-state index in [1.165, 1.54) is 4.88 Å². The number of rotatable bonds is 7. The van der Waals surface area contributed by atoms with Crippen molar-refractivity contribution in [3.63, 3.8) is 0 Å². The van der Waals surface area contributed by atoms with Gasteiger partial charge in [0.25, 0.3) is 0 Å². The first-order chi connectivity index (χ1) is 12.6. The zero-order valence-corrected chi connectivity index (χ0v) is 16.3. The van der Waals surface area contributed by atoms with Crippen LogP contribution >= 0.6 is 11.3 Å². The molecule has 0 radical (unpaired) electrons. The van der Waals surface area contributed by atoms with Gasteiger partial charge < -0.3 is 14.8 Å². The first kappa shape index (κ1) is 18.8. The molecule has 0 aliphatic carbocycles. The molecule has 0 spiro atoms. The van der Waals surface area contributed by atoms with Crippen LogP contribution < -0.4 is 10.1 Å². The van der Waals surface area contributed by atoms with Crippen LogP contribution in [0.25, 0.3) is 10.6 Å². The molecule has 0 fully saturated rings. The van der Waals surface area contributed by atoms with Crippen LogP contribution in [0.5, 0.6) is 5.75 Å². The van der Waals surface area contributed by atoms with Gasteiger partial charge >= 0.3 is 0 Å². The molecule has 1 amide bonds. The second-order valence-corrected chi connectivity index (χ2v) is 7.59. The number of ether oxygens (including phenoxy) is 2. The lowest BCUT2D eigenvalue weighted by atomic mass is 10.1. The summed E-state index contributed by atoms with van der Waals surface area (Å²) in [4.78, 5) is 20.4. The number of nitrogens with zero attached hydrogens (tertiary/aromatic N) is 2. The summed E-state index contributed by atoms with van der Waals surface area (Å²) in [6.45, 7) is 4.48. The Morgan fingerprint density at radius 3 is 3.04 bits per heavy atom. The van der Waals surface area contributed by atoms with E-state index in [2.05, 4.69) is 16.3 Å². The van der Waals surface area contributed by atoms with E-state index in [1.807, 2.05) is 25.1 Å². The highest BCUT2D eigenvalue weighted by atomic mass is 32.1. The molecule has 0 bridgehead atoms. The number of hydrogen-bond acceptors (Lipinski definition) is 6. The highest BCUT2D eigenvalue weighted by Crippen LogP contribution is 2.32. The van der Waals surface area contributed by atoms with Gasteiger partial charge in [0.15, 0.2) is 0 Å². The predicted molar refractivity (Wildman–Crippen MR) is 103 cm³/mol. The van der Waals surface area contributed by atoms with Crippen LogP contribution in [0.15, 0.2) is 24.3 Å². The Morgan fingerprint density at radius 2 is 2.27 bits per heavy atom. The molecule has 1 atom stereocenters. The summed E-state index contributed by atoms with van der Waals surface area (Å²) in [5, 5.41) is 3.97. The van der Waals surface area contributed by atoms with Crippen molar-refractivity contribution in [3.05, 3.63) is 34.8 Å². The van der Waals surface area contributed by atoms with Crippen molar-refractivity contribution in [1.82, 2.24) is 15.2 Å². The summed E-state index contributed by atoms with van der Waals surface area (Å²) in [5.41, 5.74) is 2.22. The van der Waals surface area contributed by atoms with Gasteiger partial charge in [-0.2, -0.15) is 0 Å². The Hall–Kier alpha value is -1.96. The van der Waals surface area contributed by atoms with Crippen LogP contribution in [0.2, 0.25) is 0 Å². The molecule has 6 nitrogen and oxygen atoms in total. The van der Waals surface area contributed by atoms with Crippen LogP contribution in [0.3, 0.4) is 0 Å². The van der Waals surface area contributed by atoms with Gasteiger partial charge in [0, 0.05) is 43.1 Å². The van der Waals surface area contributed by atoms with E-state index < -0.39 is 0 Å². The summed E-state index contributed by atoms with van der Waals surface area (Å²) in [5.74, 6) is 0.870. The monoisotopic (exact) mass is 375 g/mol. The van der Waals surface area contributed by atoms with Crippen LogP contribution in [0.4, 0.5) is 0 Å².